The molecule has 2 amide bonds. The first kappa shape index (κ1) is 17.3. The van der Waals surface area contributed by atoms with Gasteiger partial charge in [0.1, 0.15) is 0 Å². The van der Waals surface area contributed by atoms with Crippen molar-refractivity contribution in [2.75, 3.05) is 5.32 Å². The molecule has 1 heterocycles. The van der Waals surface area contributed by atoms with Crippen LogP contribution in [0.25, 0.3) is 10.8 Å². The lowest BCUT2D eigenvalue weighted by Crippen LogP contribution is -2.31. The predicted octanol–water partition coefficient (Wildman–Crippen LogP) is 4.05. The number of carbonyl (C=O) groups excluding carboxylic acids is 2. The largest absolute Gasteiger partial charge is 0.352 e. The Hall–Kier alpha value is -3.14. The van der Waals surface area contributed by atoms with E-state index in [-0.39, 0.29) is 17.7 Å². The van der Waals surface area contributed by atoms with Crippen LogP contribution >= 0.6 is 0 Å². The van der Waals surface area contributed by atoms with Gasteiger partial charge in [-0.2, -0.15) is 0 Å². The summed E-state index contributed by atoms with van der Waals surface area (Å²) in [7, 11) is 0. The molecule has 1 aliphatic heterocycles. The number of rotatable bonds is 5. The molecule has 1 aliphatic rings. The van der Waals surface area contributed by atoms with E-state index in [0.29, 0.717) is 25.8 Å². The fraction of sp³-hybridized carbons (Fsp3) is 0.217. The molecular weight excluding hydrogens is 336 g/mol. The Morgan fingerprint density at radius 2 is 1.78 bits per heavy atom. The fourth-order valence-electron chi connectivity index (χ4n) is 3.59. The lowest BCUT2D eigenvalue weighted by Gasteiger charge is -2.24. The highest BCUT2D eigenvalue weighted by Crippen LogP contribution is 2.27. The molecule has 0 saturated heterocycles. The molecule has 136 valence electrons. The van der Waals surface area contributed by atoms with Gasteiger partial charge in [0, 0.05) is 24.6 Å². The molecule has 2 N–H and O–H groups in total. The summed E-state index contributed by atoms with van der Waals surface area (Å²) in [4.78, 5) is 24.5. The van der Waals surface area contributed by atoms with Crippen molar-refractivity contribution in [1.82, 2.24) is 5.32 Å². The Morgan fingerprint density at radius 3 is 2.67 bits per heavy atom. The van der Waals surface area contributed by atoms with Gasteiger partial charge in [-0.1, -0.05) is 54.6 Å². The van der Waals surface area contributed by atoms with E-state index in [9.17, 15) is 9.59 Å². The van der Waals surface area contributed by atoms with Crippen LogP contribution in [0.15, 0.2) is 66.7 Å². The number of hydrogen-bond acceptors (Lipinski definition) is 2. The van der Waals surface area contributed by atoms with Crippen LogP contribution in [0.4, 0.5) is 5.69 Å². The Bertz CT molecular complexity index is 996. The van der Waals surface area contributed by atoms with Crippen molar-refractivity contribution in [3.05, 3.63) is 77.9 Å². The zero-order valence-electron chi connectivity index (χ0n) is 15.1. The molecule has 3 aromatic rings. The number of hydrogen-bond donors (Lipinski definition) is 2. The van der Waals surface area contributed by atoms with E-state index in [0.717, 1.165) is 16.8 Å². The summed E-state index contributed by atoms with van der Waals surface area (Å²) in [5.74, 6) is -0.155. The van der Waals surface area contributed by atoms with Gasteiger partial charge in [-0.3, -0.25) is 9.59 Å². The summed E-state index contributed by atoms with van der Waals surface area (Å²) >= 11 is 0. The van der Waals surface area contributed by atoms with Gasteiger partial charge >= 0.3 is 0 Å². The maximum absolute atomic E-state index is 12.2. The first-order valence-electron chi connectivity index (χ1n) is 9.32. The topological polar surface area (TPSA) is 58.2 Å². The molecule has 0 aliphatic carbocycles. The normalized spacial score (nSPS) is 15.9. The van der Waals surface area contributed by atoms with Crippen molar-refractivity contribution in [2.45, 2.75) is 25.8 Å². The monoisotopic (exact) mass is 358 g/mol. The smallest absolute Gasteiger partial charge is 0.227 e. The highest BCUT2D eigenvalue weighted by Gasteiger charge is 2.26. The number of amides is 2. The molecule has 0 saturated carbocycles. The summed E-state index contributed by atoms with van der Waals surface area (Å²) in [6.45, 7) is 0.503. The van der Waals surface area contributed by atoms with E-state index in [1.54, 1.807) is 0 Å². The van der Waals surface area contributed by atoms with E-state index >= 15 is 0 Å². The highest BCUT2D eigenvalue weighted by atomic mass is 16.2. The standard InChI is InChI=1S/C23H22N2O2/c26-22(24-15-16-9-10-17-5-1-2-6-18(17)13-16)12-11-20-14-19-7-3-4-8-21(19)25-23(20)27/h1-10,13,20H,11-12,14-15H2,(H,24,26)(H,25,27). The number of benzene rings is 3. The average molecular weight is 358 g/mol. The second kappa shape index (κ2) is 7.62. The minimum atomic E-state index is -0.147. The van der Waals surface area contributed by atoms with Crippen molar-refractivity contribution >= 4 is 28.3 Å². The van der Waals surface area contributed by atoms with E-state index in [1.807, 2.05) is 42.5 Å². The Morgan fingerprint density at radius 1 is 1.00 bits per heavy atom. The van der Waals surface area contributed by atoms with Crippen LogP contribution in [0.5, 0.6) is 0 Å². The first-order valence-corrected chi connectivity index (χ1v) is 9.32. The SMILES string of the molecule is O=C(CCC1Cc2ccccc2NC1=O)NCc1ccc2ccccc2c1. The molecule has 0 fully saturated rings. The second-order valence-corrected chi connectivity index (χ2v) is 7.04. The summed E-state index contributed by atoms with van der Waals surface area (Å²) in [5.41, 5.74) is 3.10. The molecule has 1 atom stereocenters. The number of para-hydroxylation sites is 1. The molecular formula is C23H22N2O2. The molecule has 27 heavy (non-hydrogen) atoms. The number of nitrogens with one attached hydrogen (secondary N) is 2. The van der Waals surface area contributed by atoms with Crippen LogP contribution in [-0.4, -0.2) is 11.8 Å². The predicted molar refractivity (Wildman–Crippen MR) is 107 cm³/mol. The third-order valence-corrected chi connectivity index (χ3v) is 5.14. The molecule has 0 aromatic heterocycles. The number of carbonyl (C=O) groups is 2. The summed E-state index contributed by atoms with van der Waals surface area (Å²) in [6.07, 6.45) is 1.61. The summed E-state index contributed by atoms with van der Waals surface area (Å²) in [5, 5.41) is 8.26. The quantitative estimate of drug-likeness (QED) is 0.723. The van der Waals surface area contributed by atoms with E-state index in [1.165, 1.54) is 10.8 Å². The molecule has 4 nitrogen and oxygen atoms in total. The van der Waals surface area contributed by atoms with Crippen LogP contribution in [0, 0.1) is 5.92 Å². The maximum atomic E-state index is 12.2. The molecule has 0 spiro atoms. The third kappa shape index (κ3) is 4.00. The van der Waals surface area contributed by atoms with E-state index in [2.05, 4.69) is 34.9 Å². The van der Waals surface area contributed by atoms with Crippen LogP contribution in [0.3, 0.4) is 0 Å². The van der Waals surface area contributed by atoms with Gasteiger partial charge in [0.25, 0.3) is 0 Å². The van der Waals surface area contributed by atoms with Crippen LogP contribution in [0.2, 0.25) is 0 Å². The molecule has 4 rings (SSSR count). The Balaban J connectivity index is 1.30. The molecule has 0 bridgehead atoms. The van der Waals surface area contributed by atoms with Gasteiger partial charge in [0.15, 0.2) is 0 Å². The fourth-order valence-corrected chi connectivity index (χ4v) is 3.59. The van der Waals surface area contributed by atoms with Gasteiger partial charge in [0.05, 0.1) is 0 Å². The van der Waals surface area contributed by atoms with E-state index in [4.69, 9.17) is 0 Å². The number of fused-ring (bicyclic) bond motifs is 2. The van der Waals surface area contributed by atoms with Crippen molar-refractivity contribution in [3.63, 3.8) is 0 Å². The molecule has 3 aromatic carbocycles. The molecule has 4 heteroatoms. The summed E-state index contributed by atoms with van der Waals surface area (Å²) < 4.78 is 0. The van der Waals surface area contributed by atoms with Gasteiger partial charge in [-0.25, -0.2) is 0 Å². The van der Waals surface area contributed by atoms with Crippen LogP contribution in [-0.2, 0) is 22.6 Å². The maximum Gasteiger partial charge on any atom is 0.227 e. The molecule has 1 unspecified atom stereocenters. The summed E-state index contributed by atoms with van der Waals surface area (Å²) in [6, 6.07) is 22.2. The Labute approximate surface area is 158 Å². The van der Waals surface area contributed by atoms with Crippen molar-refractivity contribution in [3.8, 4) is 0 Å². The van der Waals surface area contributed by atoms with Gasteiger partial charge in [-0.15, -0.1) is 0 Å². The van der Waals surface area contributed by atoms with Gasteiger partial charge in [-0.05, 0) is 46.9 Å². The lowest BCUT2D eigenvalue weighted by molar-refractivity contribution is -0.122. The van der Waals surface area contributed by atoms with Crippen LogP contribution in [0.1, 0.15) is 24.0 Å². The highest BCUT2D eigenvalue weighted by molar-refractivity contribution is 5.96. The minimum Gasteiger partial charge on any atom is -0.352 e. The van der Waals surface area contributed by atoms with Crippen molar-refractivity contribution in [1.29, 1.82) is 0 Å². The second-order valence-electron chi connectivity index (χ2n) is 7.04. The van der Waals surface area contributed by atoms with Crippen molar-refractivity contribution < 1.29 is 9.59 Å². The van der Waals surface area contributed by atoms with Gasteiger partial charge < -0.3 is 10.6 Å². The first-order chi connectivity index (χ1) is 13.2. The average Bonchev–Trinajstić information content (AvgIpc) is 2.70. The van der Waals surface area contributed by atoms with Crippen molar-refractivity contribution in [2.24, 2.45) is 5.92 Å². The third-order valence-electron chi connectivity index (χ3n) is 5.14. The zero-order chi connectivity index (χ0) is 18.6. The minimum absolute atomic E-state index is 0.0102. The van der Waals surface area contributed by atoms with E-state index < -0.39 is 0 Å². The number of anilines is 1. The zero-order valence-corrected chi connectivity index (χ0v) is 15.1. The van der Waals surface area contributed by atoms with Gasteiger partial charge in [0.2, 0.25) is 11.8 Å². The molecule has 0 radical (unpaired) electrons. The lowest BCUT2D eigenvalue weighted by atomic mass is 9.89. The van der Waals surface area contributed by atoms with Crippen LogP contribution < -0.4 is 10.6 Å². The Kier molecular flexibility index (Phi) is 4.88.